The van der Waals surface area contributed by atoms with E-state index in [2.05, 4.69) is 0 Å². The molecule has 0 saturated carbocycles. The van der Waals surface area contributed by atoms with Crippen LogP contribution >= 0.6 is 0 Å². The predicted octanol–water partition coefficient (Wildman–Crippen LogP) is 1.73. The van der Waals surface area contributed by atoms with Crippen molar-refractivity contribution in [1.82, 2.24) is 4.31 Å². The molecule has 148 valence electrons. The molecule has 3 rings (SSSR count). The van der Waals surface area contributed by atoms with Gasteiger partial charge < -0.3 is 14.2 Å². The lowest BCUT2D eigenvalue weighted by Gasteiger charge is -2.20. The Morgan fingerprint density at radius 3 is 2.48 bits per heavy atom. The van der Waals surface area contributed by atoms with Gasteiger partial charge in [0.25, 0.3) is 0 Å². The van der Waals surface area contributed by atoms with Crippen molar-refractivity contribution in [3.05, 3.63) is 23.8 Å². The molecule has 1 aromatic carbocycles. The summed E-state index contributed by atoms with van der Waals surface area (Å²) in [4.78, 5) is 24.1. The number of sulfonamides is 1. The highest BCUT2D eigenvalue weighted by Crippen LogP contribution is 2.27. The Labute approximate surface area is 158 Å². The quantitative estimate of drug-likeness (QED) is 0.698. The number of nitrogens with zero attached hydrogens (tertiary/aromatic N) is 1. The zero-order chi connectivity index (χ0) is 19.4. The molecule has 0 spiro atoms. The van der Waals surface area contributed by atoms with Gasteiger partial charge in [0, 0.05) is 19.5 Å². The molecule has 0 unspecified atom stereocenters. The summed E-state index contributed by atoms with van der Waals surface area (Å²) in [7, 11) is -2.35. The van der Waals surface area contributed by atoms with Crippen LogP contribution in [0, 0.1) is 0 Å². The van der Waals surface area contributed by atoms with Crippen molar-refractivity contribution in [2.45, 2.75) is 43.1 Å². The number of esters is 2. The van der Waals surface area contributed by atoms with E-state index in [1.54, 1.807) is 0 Å². The van der Waals surface area contributed by atoms with Crippen LogP contribution < -0.4 is 4.74 Å². The average Bonchev–Trinajstić information content (AvgIpc) is 2.90. The van der Waals surface area contributed by atoms with Crippen molar-refractivity contribution in [2.24, 2.45) is 0 Å². The number of hydrogen-bond donors (Lipinski definition) is 0. The van der Waals surface area contributed by atoms with Gasteiger partial charge in [-0.3, -0.25) is 0 Å². The molecule has 2 heterocycles. The summed E-state index contributed by atoms with van der Waals surface area (Å²) >= 11 is 0. The summed E-state index contributed by atoms with van der Waals surface area (Å²) in [5, 5.41) is 0. The number of benzene rings is 1. The third-order valence-electron chi connectivity index (χ3n) is 4.73. The summed E-state index contributed by atoms with van der Waals surface area (Å²) in [5.74, 6) is -1.24. The van der Waals surface area contributed by atoms with Crippen molar-refractivity contribution in [2.75, 3.05) is 26.8 Å². The molecule has 2 saturated heterocycles. The number of carbonyl (C=O) groups is 2. The second kappa shape index (κ2) is 8.26. The predicted molar refractivity (Wildman–Crippen MR) is 95.0 cm³/mol. The number of methoxy groups -OCH3 is 1. The maximum absolute atomic E-state index is 13.0. The van der Waals surface area contributed by atoms with Gasteiger partial charge in [0.05, 0.1) is 18.6 Å². The van der Waals surface area contributed by atoms with Crippen LogP contribution in [0.3, 0.4) is 0 Å². The van der Waals surface area contributed by atoms with Gasteiger partial charge in [-0.1, -0.05) is 12.8 Å². The van der Waals surface area contributed by atoms with E-state index in [4.69, 9.17) is 14.2 Å². The fourth-order valence-electron chi connectivity index (χ4n) is 3.22. The van der Waals surface area contributed by atoms with Crippen molar-refractivity contribution >= 4 is 22.0 Å². The van der Waals surface area contributed by atoms with Gasteiger partial charge in [0.1, 0.15) is 11.3 Å². The first-order valence-electron chi connectivity index (χ1n) is 8.99. The van der Waals surface area contributed by atoms with Crippen LogP contribution in [-0.2, 0) is 24.3 Å². The molecule has 27 heavy (non-hydrogen) atoms. The van der Waals surface area contributed by atoms with Crippen molar-refractivity contribution in [3.63, 3.8) is 0 Å². The van der Waals surface area contributed by atoms with Crippen LogP contribution in [0.25, 0.3) is 0 Å². The third-order valence-corrected chi connectivity index (χ3v) is 6.62. The molecule has 9 heteroatoms. The zero-order valence-corrected chi connectivity index (χ0v) is 16.0. The Hall–Kier alpha value is -2.13. The maximum atomic E-state index is 13.0. The molecule has 0 radical (unpaired) electrons. The first kappa shape index (κ1) is 19.6. The topological polar surface area (TPSA) is 99.2 Å². The average molecular weight is 397 g/mol. The fourth-order valence-corrected chi connectivity index (χ4v) is 4.76. The third kappa shape index (κ3) is 4.24. The minimum Gasteiger partial charge on any atom is -0.496 e. The monoisotopic (exact) mass is 397 g/mol. The second-order valence-corrected chi connectivity index (χ2v) is 8.47. The molecule has 2 fully saturated rings. The van der Waals surface area contributed by atoms with Gasteiger partial charge in [-0.25, -0.2) is 18.0 Å². The van der Waals surface area contributed by atoms with Crippen molar-refractivity contribution in [1.29, 1.82) is 0 Å². The number of carbonyl (C=O) groups excluding carboxylic acids is 2. The summed E-state index contributed by atoms with van der Waals surface area (Å²) in [6.07, 6.45) is 2.93. The Morgan fingerprint density at radius 2 is 1.89 bits per heavy atom. The van der Waals surface area contributed by atoms with Gasteiger partial charge in [-0.05, 0) is 31.0 Å². The Balaban J connectivity index is 1.88. The van der Waals surface area contributed by atoms with E-state index in [9.17, 15) is 18.0 Å². The highest BCUT2D eigenvalue weighted by molar-refractivity contribution is 7.89. The Kier molecular flexibility index (Phi) is 6.01. The molecule has 0 aromatic heterocycles. The zero-order valence-electron chi connectivity index (χ0n) is 15.2. The number of ether oxygens (including phenoxy) is 3. The lowest BCUT2D eigenvalue weighted by atomic mass is 10.2. The molecule has 2 aliphatic heterocycles. The second-order valence-electron chi connectivity index (χ2n) is 6.53. The highest BCUT2D eigenvalue weighted by Gasteiger charge is 2.32. The van der Waals surface area contributed by atoms with Gasteiger partial charge in [-0.15, -0.1) is 0 Å². The molecule has 0 bridgehead atoms. The Morgan fingerprint density at radius 1 is 1.19 bits per heavy atom. The molecule has 0 amide bonds. The van der Waals surface area contributed by atoms with Crippen LogP contribution in [-0.4, -0.2) is 57.6 Å². The summed E-state index contributed by atoms with van der Waals surface area (Å²) in [6.45, 7) is 1.11. The maximum Gasteiger partial charge on any atom is 0.347 e. The van der Waals surface area contributed by atoms with E-state index in [0.29, 0.717) is 13.1 Å². The molecule has 0 N–H and O–H groups in total. The van der Waals surface area contributed by atoms with Crippen LogP contribution in [0.1, 0.15) is 42.5 Å². The fraction of sp³-hybridized carbons (Fsp3) is 0.556. The lowest BCUT2D eigenvalue weighted by Crippen LogP contribution is -2.32. The van der Waals surface area contributed by atoms with E-state index in [1.165, 1.54) is 29.6 Å². The first-order valence-corrected chi connectivity index (χ1v) is 10.4. The van der Waals surface area contributed by atoms with E-state index < -0.39 is 28.1 Å². The number of cyclic esters (lactones) is 1. The molecule has 1 aromatic rings. The molecule has 8 nitrogen and oxygen atoms in total. The van der Waals surface area contributed by atoms with E-state index in [-0.39, 0.29) is 29.2 Å². The van der Waals surface area contributed by atoms with E-state index in [1.807, 2.05) is 0 Å². The normalized spacial score (nSPS) is 21.4. The molecule has 2 aliphatic rings. The van der Waals surface area contributed by atoms with Gasteiger partial charge in [0.15, 0.2) is 0 Å². The number of rotatable bonds is 5. The van der Waals surface area contributed by atoms with Gasteiger partial charge >= 0.3 is 11.9 Å². The van der Waals surface area contributed by atoms with Gasteiger partial charge in [0.2, 0.25) is 16.1 Å². The van der Waals surface area contributed by atoms with Gasteiger partial charge in [-0.2, -0.15) is 4.31 Å². The highest BCUT2D eigenvalue weighted by atomic mass is 32.2. The van der Waals surface area contributed by atoms with Crippen molar-refractivity contribution < 1.29 is 32.2 Å². The smallest absolute Gasteiger partial charge is 0.347 e. The SMILES string of the molecule is COc1ccc(S(=O)(=O)N2CCCCCC2)cc1C(=O)O[C@H]1CCOC1=O. The Bertz CT molecular complexity index is 813. The van der Waals surface area contributed by atoms with Crippen LogP contribution in [0.15, 0.2) is 23.1 Å². The van der Waals surface area contributed by atoms with Crippen molar-refractivity contribution in [3.8, 4) is 5.75 Å². The molecule has 1 atom stereocenters. The first-order chi connectivity index (χ1) is 12.9. The summed E-state index contributed by atoms with van der Waals surface area (Å²) in [6, 6.07) is 4.09. The van der Waals surface area contributed by atoms with Crippen LogP contribution in [0.4, 0.5) is 0 Å². The molecule has 0 aliphatic carbocycles. The summed E-state index contributed by atoms with van der Waals surface area (Å²) in [5.41, 5.74) is -0.0342. The minimum atomic E-state index is -3.73. The standard InChI is InChI=1S/C18H23NO7S/c1-24-15-7-6-13(27(22,23)19-9-4-2-3-5-10-19)12-14(15)17(20)26-16-8-11-25-18(16)21/h6-7,12,16H,2-5,8-11H2,1H3/t16-/m0/s1. The van der Waals surface area contributed by atoms with E-state index in [0.717, 1.165) is 25.7 Å². The molecular weight excluding hydrogens is 374 g/mol. The number of hydrogen-bond acceptors (Lipinski definition) is 7. The van der Waals surface area contributed by atoms with Crippen LogP contribution in [0.5, 0.6) is 5.75 Å². The molecular formula is C18H23NO7S. The van der Waals surface area contributed by atoms with E-state index >= 15 is 0 Å². The minimum absolute atomic E-state index is 0.00569. The summed E-state index contributed by atoms with van der Waals surface area (Å²) < 4.78 is 42.5. The van der Waals surface area contributed by atoms with Crippen LogP contribution in [0.2, 0.25) is 0 Å². The lowest BCUT2D eigenvalue weighted by molar-refractivity contribution is -0.145. The largest absolute Gasteiger partial charge is 0.496 e.